The van der Waals surface area contributed by atoms with Gasteiger partial charge in [-0.2, -0.15) is 0 Å². The van der Waals surface area contributed by atoms with Gasteiger partial charge in [0.1, 0.15) is 0 Å². The third-order valence-corrected chi connectivity index (χ3v) is 2.34. The van der Waals surface area contributed by atoms with E-state index in [1.165, 1.54) is 6.92 Å². The van der Waals surface area contributed by atoms with Gasteiger partial charge in [0.15, 0.2) is 0 Å². The van der Waals surface area contributed by atoms with Crippen LogP contribution in [-0.2, 0) is 4.79 Å². The maximum atomic E-state index is 11.5. The van der Waals surface area contributed by atoms with Gasteiger partial charge in [0, 0.05) is 10.0 Å². The van der Waals surface area contributed by atoms with Gasteiger partial charge in [0.2, 0.25) is 0 Å². The Balaban J connectivity index is 2.69. The topological polar surface area (TPSA) is 69.2 Å². The minimum absolute atomic E-state index is 0.409. The van der Waals surface area contributed by atoms with Gasteiger partial charge in [-0.15, -0.1) is 0 Å². The molecule has 0 aliphatic heterocycles. The molecular formula is C10H9BrNO3-. The molecule has 1 N–H and O–H groups in total. The number of halogens is 1. The molecule has 1 atom stereocenters. The molecule has 1 aromatic rings. The predicted octanol–water partition coefficient (Wildman–Crippen LogP) is 0.317. The van der Waals surface area contributed by atoms with Crippen LogP contribution in [0, 0.1) is 0 Å². The molecule has 0 saturated heterocycles. The second-order valence-electron chi connectivity index (χ2n) is 3.02. The molecule has 0 spiro atoms. The summed E-state index contributed by atoms with van der Waals surface area (Å²) in [6, 6.07) is 5.61. The monoisotopic (exact) mass is 270 g/mol. The van der Waals surface area contributed by atoms with E-state index in [9.17, 15) is 14.7 Å². The Morgan fingerprint density at radius 1 is 1.33 bits per heavy atom. The quantitative estimate of drug-likeness (QED) is 0.860. The highest BCUT2D eigenvalue weighted by Gasteiger charge is 2.09. The average Bonchev–Trinajstić information content (AvgIpc) is 2.18. The molecule has 80 valence electrons. The summed E-state index contributed by atoms with van der Waals surface area (Å²) in [5.41, 5.74) is 0.409. The van der Waals surface area contributed by atoms with Crippen LogP contribution in [0.3, 0.4) is 0 Å². The maximum Gasteiger partial charge on any atom is 0.251 e. The van der Waals surface area contributed by atoms with Crippen molar-refractivity contribution in [3.63, 3.8) is 0 Å². The number of carboxylic acids is 1. The lowest BCUT2D eigenvalue weighted by Gasteiger charge is -2.14. The van der Waals surface area contributed by atoms with Crippen molar-refractivity contribution in [1.29, 1.82) is 0 Å². The van der Waals surface area contributed by atoms with Crippen LogP contribution in [0.1, 0.15) is 17.3 Å². The van der Waals surface area contributed by atoms with E-state index in [0.717, 1.165) is 4.47 Å². The van der Waals surface area contributed by atoms with Crippen molar-refractivity contribution in [2.45, 2.75) is 13.0 Å². The van der Waals surface area contributed by atoms with E-state index in [1.54, 1.807) is 24.3 Å². The molecule has 0 heterocycles. The Hall–Kier alpha value is -1.36. The van der Waals surface area contributed by atoms with Gasteiger partial charge in [0.25, 0.3) is 5.91 Å². The van der Waals surface area contributed by atoms with E-state index in [1.807, 2.05) is 0 Å². The maximum absolute atomic E-state index is 11.5. The second kappa shape index (κ2) is 4.93. The molecule has 1 aromatic carbocycles. The average molecular weight is 271 g/mol. The van der Waals surface area contributed by atoms with E-state index in [2.05, 4.69) is 21.2 Å². The summed E-state index contributed by atoms with van der Waals surface area (Å²) in [7, 11) is 0. The Morgan fingerprint density at radius 2 is 1.87 bits per heavy atom. The summed E-state index contributed by atoms with van der Waals surface area (Å²) < 4.78 is 0.854. The predicted molar refractivity (Wildman–Crippen MR) is 56.1 cm³/mol. The largest absolute Gasteiger partial charge is 0.548 e. The highest BCUT2D eigenvalue weighted by Crippen LogP contribution is 2.10. The van der Waals surface area contributed by atoms with Crippen LogP contribution >= 0.6 is 15.9 Å². The highest BCUT2D eigenvalue weighted by atomic mass is 79.9. The van der Waals surface area contributed by atoms with Crippen molar-refractivity contribution in [1.82, 2.24) is 5.32 Å². The van der Waals surface area contributed by atoms with Gasteiger partial charge in [-0.05, 0) is 31.2 Å². The lowest BCUT2D eigenvalue weighted by atomic mass is 10.2. The van der Waals surface area contributed by atoms with Crippen LogP contribution in [0.5, 0.6) is 0 Å². The number of amides is 1. The van der Waals surface area contributed by atoms with E-state index in [0.29, 0.717) is 5.56 Å². The first-order valence-corrected chi connectivity index (χ1v) is 5.07. The van der Waals surface area contributed by atoms with Crippen LogP contribution in [0.25, 0.3) is 0 Å². The van der Waals surface area contributed by atoms with Crippen LogP contribution in [0.2, 0.25) is 0 Å². The Kier molecular flexibility index (Phi) is 3.85. The van der Waals surface area contributed by atoms with Crippen molar-refractivity contribution in [3.05, 3.63) is 34.3 Å². The fourth-order valence-electron chi connectivity index (χ4n) is 0.940. The molecule has 0 fully saturated rings. The number of carbonyl (C=O) groups excluding carboxylic acids is 2. The van der Waals surface area contributed by atoms with E-state index < -0.39 is 17.9 Å². The molecule has 15 heavy (non-hydrogen) atoms. The molecular weight excluding hydrogens is 262 g/mol. The molecule has 0 bridgehead atoms. The standard InChI is InChI=1S/C10H10BrNO3/c1-6(10(14)15)12-9(13)7-2-4-8(11)5-3-7/h2-6H,1H3,(H,12,13)(H,14,15)/p-1/t6-/m1/s1. The van der Waals surface area contributed by atoms with E-state index >= 15 is 0 Å². The first kappa shape index (κ1) is 11.7. The Labute approximate surface area is 95.4 Å². The summed E-state index contributed by atoms with van der Waals surface area (Å²) in [4.78, 5) is 21.8. The van der Waals surface area contributed by atoms with E-state index in [4.69, 9.17) is 0 Å². The summed E-state index contributed by atoms with van der Waals surface area (Å²) in [6.07, 6.45) is 0. The molecule has 4 nitrogen and oxygen atoms in total. The van der Waals surface area contributed by atoms with Crippen LogP contribution in [0.4, 0.5) is 0 Å². The number of rotatable bonds is 3. The Bertz CT molecular complexity index is 375. The molecule has 1 amide bonds. The molecule has 5 heteroatoms. The lowest BCUT2D eigenvalue weighted by molar-refractivity contribution is -0.307. The molecule has 0 radical (unpaired) electrons. The second-order valence-corrected chi connectivity index (χ2v) is 3.94. The third kappa shape index (κ3) is 3.36. The number of hydrogen-bond acceptors (Lipinski definition) is 3. The van der Waals surface area contributed by atoms with Gasteiger partial charge in [-0.3, -0.25) is 4.79 Å². The number of carbonyl (C=O) groups is 2. The number of nitrogens with one attached hydrogen (secondary N) is 1. The first-order chi connectivity index (χ1) is 7.00. The van der Waals surface area contributed by atoms with Crippen molar-refractivity contribution in [2.75, 3.05) is 0 Å². The van der Waals surface area contributed by atoms with Crippen molar-refractivity contribution in [3.8, 4) is 0 Å². The molecule has 0 unspecified atom stereocenters. The summed E-state index contributed by atoms with van der Waals surface area (Å²) in [5, 5.41) is 12.7. The third-order valence-electron chi connectivity index (χ3n) is 1.81. The highest BCUT2D eigenvalue weighted by molar-refractivity contribution is 9.10. The van der Waals surface area contributed by atoms with Crippen molar-refractivity contribution in [2.24, 2.45) is 0 Å². The van der Waals surface area contributed by atoms with Crippen molar-refractivity contribution < 1.29 is 14.7 Å². The van der Waals surface area contributed by atoms with Crippen LogP contribution in [-0.4, -0.2) is 17.9 Å². The number of benzene rings is 1. The zero-order valence-corrected chi connectivity index (χ0v) is 9.58. The number of carboxylic acid groups (broad SMARTS) is 1. The van der Waals surface area contributed by atoms with E-state index in [-0.39, 0.29) is 0 Å². The molecule has 1 rings (SSSR count). The van der Waals surface area contributed by atoms with Gasteiger partial charge >= 0.3 is 0 Å². The molecule has 0 aromatic heterocycles. The van der Waals surface area contributed by atoms with Crippen molar-refractivity contribution >= 4 is 27.8 Å². The number of aliphatic carboxylic acids is 1. The van der Waals surface area contributed by atoms with Crippen LogP contribution in [0.15, 0.2) is 28.7 Å². The van der Waals surface area contributed by atoms with Gasteiger partial charge in [-0.25, -0.2) is 0 Å². The summed E-state index contributed by atoms with van der Waals surface area (Å²) in [6.45, 7) is 1.35. The fraction of sp³-hybridized carbons (Fsp3) is 0.200. The van der Waals surface area contributed by atoms with Crippen LogP contribution < -0.4 is 10.4 Å². The summed E-state index contributed by atoms with van der Waals surface area (Å²) in [5.74, 6) is -1.74. The number of hydrogen-bond donors (Lipinski definition) is 1. The normalized spacial score (nSPS) is 11.9. The zero-order chi connectivity index (χ0) is 11.4. The molecule has 0 aliphatic rings. The van der Waals surface area contributed by atoms with Gasteiger partial charge in [-0.1, -0.05) is 15.9 Å². The fourth-order valence-corrected chi connectivity index (χ4v) is 1.20. The minimum Gasteiger partial charge on any atom is -0.548 e. The van der Waals surface area contributed by atoms with Gasteiger partial charge < -0.3 is 15.2 Å². The first-order valence-electron chi connectivity index (χ1n) is 4.28. The minimum atomic E-state index is -1.31. The molecule has 0 saturated carbocycles. The zero-order valence-electron chi connectivity index (χ0n) is 7.99. The SMILES string of the molecule is C[C@@H](NC(=O)c1ccc(Br)cc1)C(=O)[O-]. The Morgan fingerprint density at radius 3 is 2.33 bits per heavy atom. The smallest absolute Gasteiger partial charge is 0.251 e. The lowest BCUT2D eigenvalue weighted by Crippen LogP contribution is -2.45. The molecule has 0 aliphatic carbocycles. The summed E-state index contributed by atoms with van der Waals surface area (Å²) >= 11 is 3.23. The van der Waals surface area contributed by atoms with Gasteiger partial charge in [0.05, 0.1) is 12.0 Å².